The number of pyridine rings is 1. The third-order valence-electron chi connectivity index (χ3n) is 12.6. The van der Waals surface area contributed by atoms with Crippen LogP contribution in [0.3, 0.4) is 0 Å². The maximum atomic E-state index is 4.88. The Morgan fingerprint density at radius 2 is 0.983 bits per heavy atom. The van der Waals surface area contributed by atoms with Crippen molar-refractivity contribution in [3.8, 4) is 66.8 Å². The predicted octanol–water partition coefficient (Wildman–Crippen LogP) is 14.5. The van der Waals surface area contributed by atoms with Gasteiger partial charge in [-0.2, -0.15) is 0 Å². The van der Waals surface area contributed by atoms with E-state index in [0.29, 0.717) is 0 Å². The van der Waals surface area contributed by atoms with Crippen molar-refractivity contribution in [2.45, 2.75) is 19.3 Å². The molecule has 59 heavy (non-hydrogen) atoms. The van der Waals surface area contributed by atoms with Gasteiger partial charge < -0.3 is 5.32 Å². The molecular formula is C57H42N2. The average Bonchev–Trinajstić information content (AvgIpc) is 3.52. The van der Waals surface area contributed by atoms with Crippen LogP contribution in [0.1, 0.15) is 30.7 Å². The molecule has 1 aliphatic heterocycles. The second-order valence-electron chi connectivity index (χ2n) is 16.3. The lowest BCUT2D eigenvalue weighted by molar-refractivity contribution is 0.661. The van der Waals surface area contributed by atoms with Crippen LogP contribution < -0.4 is 5.32 Å². The van der Waals surface area contributed by atoms with Crippen LogP contribution in [0.2, 0.25) is 0 Å². The number of allylic oxidation sites excluding steroid dienone is 2. The molecule has 0 spiro atoms. The van der Waals surface area contributed by atoms with E-state index in [1.54, 1.807) is 0 Å². The minimum Gasteiger partial charge on any atom is -0.380 e. The molecule has 2 nitrogen and oxygen atoms in total. The van der Waals surface area contributed by atoms with E-state index in [1.165, 1.54) is 93.9 Å². The van der Waals surface area contributed by atoms with Crippen molar-refractivity contribution in [3.05, 3.63) is 217 Å². The minimum atomic E-state index is -0.241. The second kappa shape index (κ2) is 14.0. The molecule has 0 saturated carbocycles. The van der Waals surface area contributed by atoms with Crippen LogP contribution >= 0.6 is 0 Å². The van der Waals surface area contributed by atoms with Gasteiger partial charge in [0.2, 0.25) is 0 Å². The predicted molar refractivity (Wildman–Crippen MR) is 249 cm³/mol. The van der Waals surface area contributed by atoms with Crippen molar-refractivity contribution < 1.29 is 0 Å². The summed E-state index contributed by atoms with van der Waals surface area (Å²) >= 11 is 0. The van der Waals surface area contributed by atoms with Crippen LogP contribution in [0, 0.1) is 0 Å². The molecule has 8 aromatic carbocycles. The lowest BCUT2D eigenvalue weighted by Crippen LogP contribution is -2.15. The van der Waals surface area contributed by atoms with Gasteiger partial charge in [-0.3, -0.25) is 4.98 Å². The van der Waals surface area contributed by atoms with Crippen LogP contribution in [0.25, 0.3) is 94.0 Å². The fraction of sp³-hybridized carbons (Fsp3) is 0.0702. The number of fused-ring (bicyclic) bond motifs is 5. The molecule has 0 unspecified atom stereocenters. The van der Waals surface area contributed by atoms with Crippen molar-refractivity contribution in [2.24, 2.45) is 0 Å². The third kappa shape index (κ3) is 5.75. The maximum Gasteiger partial charge on any atom is 0.0861 e. The molecule has 0 fully saturated rings. The lowest BCUT2D eigenvalue weighted by atomic mass is 9.78. The third-order valence-corrected chi connectivity index (χ3v) is 12.6. The van der Waals surface area contributed by atoms with E-state index in [-0.39, 0.29) is 5.41 Å². The van der Waals surface area contributed by atoms with Crippen molar-refractivity contribution in [1.82, 2.24) is 10.3 Å². The smallest absolute Gasteiger partial charge is 0.0861 e. The first-order valence-electron chi connectivity index (χ1n) is 20.6. The fourth-order valence-corrected chi connectivity index (χ4v) is 9.66. The molecule has 280 valence electrons. The first-order chi connectivity index (χ1) is 29.0. The van der Waals surface area contributed by atoms with E-state index in [2.05, 4.69) is 213 Å². The van der Waals surface area contributed by atoms with Crippen LogP contribution in [-0.2, 0) is 5.41 Å². The Kier molecular flexibility index (Phi) is 8.27. The average molecular weight is 755 g/mol. The molecule has 11 rings (SSSR count). The lowest BCUT2D eigenvalue weighted by Gasteiger charge is -2.25. The van der Waals surface area contributed by atoms with Gasteiger partial charge in [0, 0.05) is 23.7 Å². The van der Waals surface area contributed by atoms with E-state index in [1.807, 2.05) is 6.20 Å². The summed E-state index contributed by atoms with van der Waals surface area (Å²) < 4.78 is 0. The van der Waals surface area contributed by atoms with Crippen molar-refractivity contribution in [2.75, 3.05) is 6.54 Å². The maximum absolute atomic E-state index is 4.88. The van der Waals surface area contributed by atoms with E-state index in [4.69, 9.17) is 4.98 Å². The quantitative estimate of drug-likeness (QED) is 0.171. The normalized spacial score (nSPS) is 13.8. The summed E-state index contributed by atoms with van der Waals surface area (Å²) in [7, 11) is 0. The Balaban J connectivity index is 1.18. The molecule has 1 aliphatic carbocycles. The Bertz CT molecular complexity index is 3150. The van der Waals surface area contributed by atoms with Crippen LogP contribution in [0.4, 0.5) is 0 Å². The van der Waals surface area contributed by atoms with Crippen molar-refractivity contribution in [3.63, 3.8) is 0 Å². The largest absolute Gasteiger partial charge is 0.380 e. The van der Waals surface area contributed by atoms with Gasteiger partial charge in [-0.1, -0.05) is 178 Å². The molecule has 0 amide bonds. The van der Waals surface area contributed by atoms with E-state index >= 15 is 0 Å². The molecule has 1 N–H and O–H groups in total. The highest BCUT2D eigenvalue weighted by Crippen LogP contribution is 2.55. The summed E-state index contributed by atoms with van der Waals surface area (Å²) in [6.45, 7) is 5.62. The van der Waals surface area contributed by atoms with E-state index in [0.717, 1.165) is 23.5 Å². The molecule has 2 aliphatic rings. The Labute approximate surface area is 345 Å². The number of nitrogens with zero attached hydrogens (tertiary/aromatic N) is 1. The molecule has 1 aromatic heterocycles. The zero-order valence-corrected chi connectivity index (χ0v) is 33.2. The van der Waals surface area contributed by atoms with E-state index in [9.17, 15) is 0 Å². The molecule has 0 bridgehead atoms. The zero-order valence-electron chi connectivity index (χ0n) is 33.2. The van der Waals surface area contributed by atoms with Gasteiger partial charge in [-0.05, 0) is 124 Å². The highest BCUT2D eigenvalue weighted by molar-refractivity contribution is 6.24. The number of dihydropyridines is 1. The summed E-state index contributed by atoms with van der Waals surface area (Å²) in [6.07, 6.45) is 8.30. The highest BCUT2D eigenvalue weighted by atomic mass is 14.9. The Morgan fingerprint density at radius 1 is 0.441 bits per heavy atom. The minimum absolute atomic E-state index is 0.241. The first-order valence-corrected chi connectivity index (χ1v) is 20.6. The summed E-state index contributed by atoms with van der Waals surface area (Å²) in [5, 5.41) is 8.47. The highest BCUT2D eigenvalue weighted by Gasteiger charge is 2.37. The van der Waals surface area contributed by atoms with Crippen LogP contribution in [-0.4, -0.2) is 11.5 Å². The molecule has 2 heterocycles. The summed E-state index contributed by atoms with van der Waals surface area (Å²) in [5.74, 6) is 0. The van der Waals surface area contributed by atoms with Crippen LogP contribution in [0.5, 0.6) is 0 Å². The second-order valence-corrected chi connectivity index (χ2v) is 16.3. The topological polar surface area (TPSA) is 24.9 Å². The van der Waals surface area contributed by atoms with Gasteiger partial charge in [0.1, 0.15) is 0 Å². The van der Waals surface area contributed by atoms with Gasteiger partial charge >= 0.3 is 0 Å². The number of rotatable bonds is 6. The van der Waals surface area contributed by atoms with Gasteiger partial charge in [-0.15, -0.1) is 0 Å². The molecule has 9 aromatic rings. The standard InChI is InChI=1S/C57H42N2/c1-57(2)51-33-39(40-29-31-54(59-36-40)53-27-15-16-32-58-53)28-30-43(51)48-34-49-50(35-52(48)57)56(45-24-12-10-22-42(45)38-19-7-4-8-20-38)47-26-14-13-25-46(47)55(49)44-23-11-9-21-41(44)37-17-5-3-6-18-37/h3-31,33-36,58H,32H2,1-2H3. The van der Waals surface area contributed by atoms with Gasteiger partial charge in [-0.25, -0.2) is 0 Å². The molecule has 2 heteroatoms. The number of hydrogen-bond donors (Lipinski definition) is 1. The number of hydrogen-bond acceptors (Lipinski definition) is 2. The molecule has 0 radical (unpaired) electrons. The Hall–Kier alpha value is -7.29. The SMILES string of the molecule is CC1(C)c2cc(-c3ccc(C4=CC=CCN4)nc3)ccc2-c2cc3c(-c4ccccc4-c4ccccc4)c4ccccc4c(-c4ccccc4-c4ccccc4)c3cc21. The van der Waals surface area contributed by atoms with Crippen LogP contribution in [0.15, 0.2) is 200 Å². The fourth-order valence-electron chi connectivity index (χ4n) is 9.66. The zero-order chi connectivity index (χ0) is 39.5. The summed E-state index contributed by atoms with van der Waals surface area (Å²) in [5.41, 5.74) is 19.3. The van der Waals surface area contributed by atoms with Gasteiger partial charge in [0.05, 0.1) is 11.4 Å². The number of nitrogens with one attached hydrogen (secondary N) is 1. The first kappa shape index (κ1) is 34.9. The van der Waals surface area contributed by atoms with Gasteiger partial charge in [0.15, 0.2) is 0 Å². The van der Waals surface area contributed by atoms with Crippen molar-refractivity contribution in [1.29, 1.82) is 0 Å². The van der Waals surface area contributed by atoms with E-state index < -0.39 is 0 Å². The van der Waals surface area contributed by atoms with Gasteiger partial charge in [0.25, 0.3) is 0 Å². The summed E-state index contributed by atoms with van der Waals surface area (Å²) in [4.78, 5) is 4.88. The number of aromatic nitrogens is 1. The molecule has 0 saturated heterocycles. The molecular weight excluding hydrogens is 713 g/mol. The molecule has 0 atom stereocenters. The van der Waals surface area contributed by atoms with Crippen molar-refractivity contribution >= 4 is 27.2 Å². The monoisotopic (exact) mass is 754 g/mol. The summed E-state index contributed by atoms with van der Waals surface area (Å²) in [6, 6.07) is 65.0. The Morgan fingerprint density at radius 3 is 1.56 bits per heavy atom. The number of benzene rings is 8.